The molecule has 6 nitrogen and oxygen atoms in total. The number of para-hydroxylation sites is 3. The molecule has 2 aromatic carbocycles. The maximum Gasteiger partial charge on any atom is 0.265 e. The van der Waals surface area contributed by atoms with Crippen LogP contribution in [0.2, 0.25) is 0 Å². The van der Waals surface area contributed by atoms with Gasteiger partial charge in [0.15, 0.2) is 6.10 Å². The summed E-state index contributed by atoms with van der Waals surface area (Å²) in [5.74, 6) is 0.388. The van der Waals surface area contributed by atoms with Crippen molar-refractivity contribution < 1.29 is 17.9 Å². The Bertz CT molecular complexity index is 824. The highest BCUT2D eigenvalue weighted by atomic mass is 32.2. The Morgan fingerprint density at radius 2 is 1.74 bits per heavy atom. The van der Waals surface area contributed by atoms with Crippen LogP contribution in [0, 0.1) is 0 Å². The maximum atomic E-state index is 12.4. The van der Waals surface area contributed by atoms with E-state index in [9.17, 15) is 13.2 Å². The molecule has 3 rings (SSSR count). The van der Waals surface area contributed by atoms with E-state index in [-0.39, 0.29) is 5.91 Å². The van der Waals surface area contributed by atoms with Gasteiger partial charge in [0.05, 0.1) is 17.6 Å². The Kier molecular flexibility index (Phi) is 3.96. The minimum atomic E-state index is -3.43. The number of amides is 1. The molecule has 0 radical (unpaired) electrons. The zero-order valence-corrected chi connectivity index (χ0v) is 13.3. The van der Waals surface area contributed by atoms with Crippen LogP contribution in [0.3, 0.4) is 0 Å². The molecule has 2 aromatic rings. The van der Waals surface area contributed by atoms with Gasteiger partial charge >= 0.3 is 0 Å². The second-order valence-corrected chi connectivity index (χ2v) is 7.08. The fourth-order valence-electron chi connectivity index (χ4n) is 2.42. The number of rotatable bonds is 4. The first-order valence-electron chi connectivity index (χ1n) is 7.04. The monoisotopic (exact) mass is 332 g/mol. The Morgan fingerprint density at radius 3 is 2.43 bits per heavy atom. The van der Waals surface area contributed by atoms with Crippen molar-refractivity contribution in [3.8, 4) is 5.75 Å². The molecule has 1 aliphatic rings. The molecule has 0 bridgehead atoms. The summed E-state index contributed by atoms with van der Waals surface area (Å²) in [7, 11) is -3.43. The van der Waals surface area contributed by atoms with Crippen molar-refractivity contribution in [2.75, 3.05) is 16.3 Å². The number of hydrogen-bond acceptors (Lipinski definition) is 4. The third-order valence-corrected chi connectivity index (χ3v) is 4.01. The Hall–Kier alpha value is -2.54. The Morgan fingerprint density at radius 1 is 1.09 bits per heavy atom. The molecule has 1 amide bonds. The molecule has 0 saturated carbocycles. The first-order chi connectivity index (χ1) is 10.9. The number of anilines is 2. The van der Waals surface area contributed by atoms with Crippen molar-refractivity contribution >= 4 is 27.3 Å². The van der Waals surface area contributed by atoms with E-state index in [4.69, 9.17) is 4.74 Å². The molecule has 0 spiro atoms. The van der Waals surface area contributed by atoms with Gasteiger partial charge in [-0.1, -0.05) is 30.3 Å². The van der Waals surface area contributed by atoms with Gasteiger partial charge in [-0.3, -0.25) is 9.52 Å². The number of benzene rings is 2. The van der Waals surface area contributed by atoms with Crippen molar-refractivity contribution in [2.24, 2.45) is 0 Å². The third kappa shape index (κ3) is 3.62. The molecule has 1 heterocycles. The standard InChI is InChI=1S/C16H16N2O4S/c1-23(20,21)18-13-8-4-3-7-12(13)17-16(19)15-10-11-6-2-5-9-14(11)22-15/h2-9,15,18H,10H2,1H3,(H,17,19). The van der Waals surface area contributed by atoms with E-state index in [2.05, 4.69) is 10.0 Å². The fourth-order valence-corrected chi connectivity index (χ4v) is 3.00. The van der Waals surface area contributed by atoms with Gasteiger partial charge in [-0.25, -0.2) is 8.42 Å². The topological polar surface area (TPSA) is 84.5 Å². The van der Waals surface area contributed by atoms with Crippen molar-refractivity contribution in [1.29, 1.82) is 0 Å². The van der Waals surface area contributed by atoms with E-state index in [1.807, 2.05) is 24.3 Å². The average Bonchev–Trinajstić information content (AvgIpc) is 2.92. The smallest absolute Gasteiger partial charge is 0.265 e. The highest BCUT2D eigenvalue weighted by molar-refractivity contribution is 7.92. The Balaban J connectivity index is 1.75. The van der Waals surface area contributed by atoms with Crippen molar-refractivity contribution in [3.05, 3.63) is 54.1 Å². The molecule has 0 aliphatic carbocycles. The molecule has 23 heavy (non-hydrogen) atoms. The molecule has 0 aromatic heterocycles. The van der Waals surface area contributed by atoms with Crippen LogP contribution in [0.4, 0.5) is 11.4 Å². The molecule has 0 fully saturated rings. The van der Waals surface area contributed by atoms with Crippen LogP contribution < -0.4 is 14.8 Å². The van der Waals surface area contributed by atoms with Gasteiger partial charge in [0, 0.05) is 6.42 Å². The minimum Gasteiger partial charge on any atom is -0.480 e. The lowest BCUT2D eigenvalue weighted by atomic mass is 10.1. The summed E-state index contributed by atoms with van der Waals surface area (Å²) in [6.07, 6.45) is 0.921. The molecule has 0 saturated heterocycles. The lowest BCUT2D eigenvalue weighted by Gasteiger charge is -2.14. The number of ether oxygens (including phenoxy) is 1. The zero-order valence-electron chi connectivity index (χ0n) is 12.4. The molecule has 1 unspecified atom stereocenters. The fraction of sp³-hybridized carbons (Fsp3) is 0.188. The van der Waals surface area contributed by atoms with E-state index in [0.717, 1.165) is 11.8 Å². The first-order valence-corrected chi connectivity index (χ1v) is 8.94. The summed E-state index contributed by atoms with van der Waals surface area (Å²) >= 11 is 0. The highest BCUT2D eigenvalue weighted by Crippen LogP contribution is 2.29. The normalized spacial score (nSPS) is 16.3. The van der Waals surface area contributed by atoms with Gasteiger partial charge in [-0.2, -0.15) is 0 Å². The van der Waals surface area contributed by atoms with Crippen LogP contribution in [0.1, 0.15) is 5.56 Å². The van der Waals surface area contributed by atoms with Crippen molar-refractivity contribution in [3.63, 3.8) is 0 Å². The van der Waals surface area contributed by atoms with E-state index in [0.29, 0.717) is 23.5 Å². The van der Waals surface area contributed by atoms with Crippen molar-refractivity contribution in [2.45, 2.75) is 12.5 Å². The lowest BCUT2D eigenvalue weighted by Crippen LogP contribution is -2.31. The van der Waals surface area contributed by atoms with Crippen LogP contribution >= 0.6 is 0 Å². The first kappa shape index (κ1) is 15.4. The molecule has 7 heteroatoms. The lowest BCUT2D eigenvalue weighted by molar-refractivity contribution is -0.122. The van der Waals surface area contributed by atoms with Gasteiger partial charge < -0.3 is 10.1 Å². The molecular weight excluding hydrogens is 316 g/mol. The summed E-state index contributed by atoms with van der Waals surface area (Å²) in [5, 5.41) is 2.72. The van der Waals surface area contributed by atoms with E-state index >= 15 is 0 Å². The van der Waals surface area contributed by atoms with Crippen LogP contribution in [0.25, 0.3) is 0 Å². The average molecular weight is 332 g/mol. The summed E-state index contributed by atoms with van der Waals surface area (Å²) in [6.45, 7) is 0. The van der Waals surface area contributed by atoms with Crippen LogP contribution in [-0.2, 0) is 21.2 Å². The number of nitrogens with one attached hydrogen (secondary N) is 2. The van der Waals surface area contributed by atoms with Crippen LogP contribution in [-0.4, -0.2) is 26.7 Å². The van der Waals surface area contributed by atoms with Crippen LogP contribution in [0.5, 0.6) is 5.75 Å². The summed E-state index contributed by atoms with van der Waals surface area (Å²) in [4.78, 5) is 12.4. The molecule has 120 valence electrons. The summed E-state index contributed by atoms with van der Waals surface area (Å²) < 4.78 is 30.8. The molecule has 1 aliphatic heterocycles. The number of carbonyl (C=O) groups excluding carboxylic acids is 1. The highest BCUT2D eigenvalue weighted by Gasteiger charge is 2.29. The largest absolute Gasteiger partial charge is 0.480 e. The minimum absolute atomic E-state index is 0.316. The van der Waals surface area contributed by atoms with Gasteiger partial charge in [0.25, 0.3) is 5.91 Å². The number of hydrogen-bond donors (Lipinski definition) is 2. The third-order valence-electron chi connectivity index (χ3n) is 3.42. The molecular formula is C16H16N2O4S. The number of sulfonamides is 1. The van der Waals surface area contributed by atoms with E-state index in [1.165, 1.54) is 0 Å². The van der Waals surface area contributed by atoms with Gasteiger partial charge in [-0.05, 0) is 23.8 Å². The summed E-state index contributed by atoms with van der Waals surface area (Å²) in [6, 6.07) is 14.1. The SMILES string of the molecule is CS(=O)(=O)Nc1ccccc1NC(=O)C1Cc2ccccc2O1. The van der Waals surface area contributed by atoms with E-state index < -0.39 is 16.1 Å². The van der Waals surface area contributed by atoms with Crippen molar-refractivity contribution in [1.82, 2.24) is 0 Å². The van der Waals surface area contributed by atoms with Crippen LogP contribution in [0.15, 0.2) is 48.5 Å². The zero-order chi connectivity index (χ0) is 16.4. The quantitative estimate of drug-likeness (QED) is 0.897. The van der Waals surface area contributed by atoms with Gasteiger partial charge in [0.1, 0.15) is 5.75 Å². The van der Waals surface area contributed by atoms with Gasteiger partial charge in [0.2, 0.25) is 10.0 Å². The molecule has 2 N–H and O–H groups in total. The maximum absolute atomic E-state index is 12.4. The summed E-state index contributed by atoms with van der Waals surface area (Å²) in [5.41, 5.74) is 1.69. The number of fused-ring (bicyclic) bond motifs is 1. The predicted octanol–water partition coefficient (Wildman–Crippen LogP) is 2.00. The predicted molar refractivity (Wildman–Crippen MR) is 88.1 cm³/mol. The van der Waals surface area contributed by atoms with E-state index in [1.54, 1.807) is 24.3 Å². The molecule has 1 atom stereocenters. The second kappa shape index (κ2) is 5.92. The number of carbonyl (C=O) groups is 1. The second-order valence-electron chi connectivity index (χ2n) is 5.33. The Labute approximate surface area is 134 Å². The van der Waals surface area contributed by atoms with Gasteiger partial charge in [-0.15, -0.1) is 0 Å².